The van der Waals surface area contributed by atoms with Crippen LogP contribution in [-0.2, 0) is 21.2 Å². The first kappa shape index (κ1) is 21.3. The van der Waals surface area contributed by atoms with Crippen molar-refractivity contribution >= 4 is 21.6 Å². The molecule has 0 aliphatic rings. The van der Waals surface area contributed by atoms with Gasteiger partial charge < -0.3 is 10.3 Å². The summed E-state index contributed by atoms with van der Waals surface area (Å²) >= 11 is 0. The third kappa shape index (κ3) is 4.47. The first-order valence-corrected chi connectivity index (χ1v) is 9.96. The first-order chi connectivity index (χ1) is 13.1. The van der Waals surface area contributed by atoms with Crippen molar-refractivity contribution in [3.8, 4) is 6.07 Å². The van der Waals surface area contributed by atoms with Gasteiger partial charge in [0.05, 0.1) is 4.90 Å². The SMILES string of the molecule is Cc1[nH]c(=O)c(C#N)c(C)c1CCC(=O)Nc1cccc(S(=O)(=O)N(C)C)c1. The fourth-order valence-electron chi connectivity index (χ4n) is 2.83. The highest BCUT2D eigenvalue weighted by atomic mass is 32.2. The monoisotopic (exact) mass is 402 g/mol. The van der Waals surface area contributed by atoms with Gasteiger partial charge in [-0.05, 0) is 49.6 Å². The second-order valence-electron chi connectivity index (χ2n) is 6.53. The van der Waals surface area contributed by atoms with Gasteiger partial charge in [-0.3, -0.25) is 9.59 Å². The van der Waals surface area contributed by atoms with E-state index in [9.17, 15) is 18.0 Å². The number of aromatic nitrogens is 1. The highest BCUT2D eigenvalue weighted by molar-refractivity contribution is 7.89. The van der Waals surface area contributed by atoms with Gasteiger partial charge in [0, 0.05) is 31.9 Å². The van der Waals surface area contributed by atoms with Crippen LogP contribution < -0.4 is 10.9 Å². The lowest BCUT2D eigenvalue weighted by Crippen LogP contribution is -2.22. The van der Waals surface area contributed by atoms with Crippen LogP contribution in [0.3, 0.4) is 0 Å². The standard InChI is InChI=1S/C19H22N4O4S/c1-12-16(13(2)21-19(25)17(12)11-20)8-9-18(24)22-14-6-5-7-15(10-14)28(26,27)23(3)4/h5-7,10H,8-9H2,1-4H3,(H,21,25)(H,22,24). The van der Waals surface area contributed by atoms with Crippen LogP contribution in [0.4, 0.5) is 5.69 Å². The van der Waals surface area contributed by atoms with Crippen molar-refractivity contribution in [3.63, 3.8) is 0 Å². The summed E-state index contributed by atoms with van der Waals surface area (Å²) in [5, 5.41) is 11.8. The fraction of sp³-hybridized carbons (Fsp3) is 0.316. The van der Waals surface area contributed by atoms with Crippen LogP contribution in [0.2, 0.25) is 0 Å². The Balaban J connectivity index is 2.15. The lowest BCUT2D eigenvalue weighted by atomic mass is 9.99. The fourth-order valence-corrected chi connectivity index (χ4v) is 3.78. The lowest BCUT2D eigenvalue weighted by Gasteiger charge is -2.13. The molecule has 0 fully saturated rings. The molecule has 0 radical (unpaired) electrons. The van der Waals surface area contributed by atoms with Crippen LogP contribution in [-0.4, -0.2) is 37.7 Å². The van der Waals surface area contributed by atoms with E-state index in [0.717, 1.165) is 9.87 Å². The van der Waals surface area contributed by atoms with E-state index >= 15 is 0 Å². The Hall–Kier alpha value is -2.96. The van der Waals surface area contributed by atoms with Gasteiger partial charge in [0.1, 0.15) is 11.6 Å². The highest BCUT2D eigenvalue weighted by Gasteiger charge is 2.18. The summed E-state index contributed by atoms with van der Waals surface area (Å²) in [5.41, 5.74) is 1.91. The number of nitrogens with one attached hydrogen (secondary N) is 2. The Morgan fingerprint density at radius 1 is 1.29 bits per heavy atom. The number of amides is 1. The molecule has 9 heteroatoms. The number of H-pyrrole nitrogens is 1. The number of carbonyl (C=O) groups excluding carboxylic acids is 1. The third-order valence-electron chi connectivity index (χ3n) is 4.42. The summed E-state index contributed by atoms with van der Waals surface area (Å²) in [7, 11) is -0.725. The van der Waals surface area contributed by atoms with Crippen molar-refractivity contribution < 1.29 is 13.2 Å². The molecule has 28 heavy (non-hydrogen) atoms. The Kier molecular flexibility index (Phi) is 6.38. The molecule has 8 nitrogen and oxygen atoms in total. The molecule has 2 N–H and O–H groups in total. The maximum atomic E-state index is 12.3. The van der Waals surface area contributed by atoms with Crippen molar-refractivity contribution in [1.82, 2.24) is 9.29 Å². The first-order valence-electron chi connectivity index (χ1n) is 8.52. The van der Waals surface area contributed by atoms with Gasteiger partial charge in [0.25, 0.3) is 5.56 Å². The maximum absolute atomic E-state index is 12.3. The molecule has 148 valence electrons. The number of anilines is 1. The summed E-state index contributed by atoms with van der Waals surface area (Å²) < 4.78 is 25.5. The minimum Gasteiger partial charge on any atom is -0.326 e. The number of sulfonamides is 1. The Bertz CT molecular complexity index is 1110. The zero-order valence-electron chi connectivity index (χ0n) is 16.2. The summed E-state index contributed by atoms with van der Waals surface area (Å²) in [6.45, 7) is 3.40. The van der Waals surface area contributed by atoms with E-state index in [2.05, 4.69) is 10.3 Å². The molecule has 0 unspecified atom stereocenters. The lowest BCUT2D eigenvalue weighted by molar-refractivity contribution is -0.116. The zero-order chi connectivity index (χ0) is 21.1. The zero-order valence-corrected chi connectivity index (χ0v) is 17.0. The predicted molar refractivity (Wildman–Crippen MR) is 106 cm³/mol. The molecular formula is C19H22N4O4S. The van der Waals surface area contributed by atoms with Gasteiger partial charge in [-0.1, -0.05) is 6.07 Å². The Morgan fingerprint density at radius 2 is 1.96 bits per heavy atom. The Labute approximate surface area is 163 Å². The van der Waals surface area contributed by atoms with Crippen molar-refractivity contribution in [2.75, 3.05) is 19.4 Å². The number of aryl methyl sites for hydroxylation is 1. The van der Waals surface area contributed by atoms with Crippen LogP contribution in [0.1, 0.15) is 28.8 Å². The van der Waals surface area contributed by atoms with E-state index in [4.69, 9.17) is 5.26 Å². The van der Waals surface area contributed by atoms with E-state index in [-0.39, 0.29) is 22.8 Å². The van der Waals surface area contributed by atoms with E-state index in [1.54, 1.807) is 26.0 Å². The summed E-state index contributed by atoms with van der Waals surface area (Å²) in [6, 6.07) is 7.91. The molecule has 0 aliphatic carbocycles. The molecule has 1 aromatic carbocycles. The number of pyridine rings is 1. The van der Waals surface area contributed by atoms with Crippen LogP contribution in [0.25, 0.3) is 0 Å². The molecule has 0 atom stereocenters. The van der Waals surface area contributed by atoms with E-state index in [0.29, 0.717) is 23.4 Å². The molecule has 2 rings (SSSR count). The van der Waals surface area contributed by atoms with Gasteiger partial charge in [-0.15, -0.1) is 0 Å². The number of benzene rings is 1. The van der Waals surface area contributed by atoms with Crippen LogP contribution in [0, 0.1) is 25.2 Å². The van der Waals surface area contributed by atoms with E-state index < -0.39 is 15.6 Å². The number of aromatic amines is 1. The summed E-state index contributed by atoms with van der Waals surface area (Å²) in [5.74, 6) is -0.303. The predicted octanol–water partition coefficient (Wildman–Crippen LogP) is 1.69. The van der Waals surface area contributed by atoms with Crippen molar-refractivity contribution in [3.05, 3.63) is 57.0 Å². The van der Waals surface area contributed by atoms with Crippen molar-refractivity contribution in [1.29, 1.82) is 5.26 Å². The Morgan fingerprint density at radius 3 is 2.57 bits per heavy atom. The second kappa shape index (κ2) is 8.37. The summed E-state index contributed by atoms with van der Waals surface area (Å²) in [4.78, 5) is 26.8. The van der Waals surface area contributed by atoms with Gasteiger partial charge in [0.2, 0.25) is 15.9 Å². The molecule has 1 heterocycles. The topological polar surface area (TPSA) is 123 Å². The smallest absolute Gasteiger partial charge is 0.266 e. The second-order valence-corrected chi connectivity index (χ2v) is 8.68. The average Bonchev–Trinajstić information content (AvgIpc) is 2.61. The van der Waals surface area contributed by atoms with Crippen molar-refractivity contribution in [2.45, 2.75) is 31.6 Å². The van der Waals surface area contributed by atoms with Gasteiger partial charge >= 0.3 is 0 Å². The molecule has 0 aliphatic heterocycles. The third-order valence-corrected chi connectivity index (χ3v) is 6.23. The maximum Gasteiger partial charge on any atom is 0.266 e. The molecule has 0 saturated heterocycles. The quantitative estimate of drug-likeness (QED) is 0.761. The average molecular weight is 402 g/mol. The highest BCUT2D eigenvalue weighted by Crippen LogP contribution is 2.19. The minimum absolute atomic E-state index is 0.0441. The molecule has 1 aromatic heterocycles. The van der Waals surface area contributed by atoms with Crippen LogP contribution in [0.5, 0.6) is 0 Å². The molecular weight excluding hydrogens is 380 g/mol. The number of nitriles is 1. The minimum atomic E-state index is -3.60. The van der Waals surface area contributed by atoms with Gasteiger partial charge in [-0.25, -0.2) is 12.7 Å². The van der Waals surface area contributed by atoms with E-state index in [1.807, 2.05) is 6.07 Å². The van der Waals surface area contributed by atoms with Crippen LogP contribution >= 0.6 is 0 Å². The normalized spacial score (nSPS) is 11.3. The van der Waals surface area contributed by atoms with Crippen LogP contribution in [0.15, 0.2) is 34.0 Å². The van der Waals surface area contributed by atoms with Gasteiger partial charge in [-0.2, -0.15) is 5.26 Å². The number of hydrogen-bond acceptors (Lipinski definition) is 5. The number of rotatable bonds is 6. The number of carbonyl (C=O) groups is 1. The molecule has 2 aromatic rings. The largest absolute Gasteiger partial charge is 0.326 e. The summed E-state index contributed by atoms with van der Waals surface area (Å²) in [6.07, 6.45) is 0.452. The molecule has 0 saturated carbocycles. The molecule has 0 bridgehead atoms. The van der Waals surface area contributed by atoms with E-state index in [1.165, 1.54) is 26.2 Å². The molecule has 0 spiro atoms. The van der Waals surface area contributed by atoms with Crippen molar-refractivity contribution in [2.24, 2.45) is 0 Å². The number of nitrogens with zero attached hydrogens (tertiary/aromatic N) is 2. The number of hydrogen-bond donors (Lipinski definition) is 2. The molecule has 1 amide bonds. The van der Waals surface area contributed by atoms with Gasteiger partial charge in [0.15, 0.2) is 0 Å².